The first-order valence-electron chi connectivity index (χ1n) is 4.29. The molecule has 0 bridgehead atoms. The lowest BCUT2D eigenvalue weighted by Crippen LogP contribution is -1.90. The number of hydrogen-bond donors (Lipinski definition) is 0. The highest BCUT2D eigenvalue weighted by atomic mass is 14.9. The maximum absolute atomic E-state index is 2.27. The first-order valence-corrected chi connectivity index (χ1v) is 4.29. The van der Waals surface area contributed by atoms with Gasteiger partial charge in [0.2, 0.25) is 0 Å². The summed E-state index contributed by atoms with van der Waals surface area (Å²) in [6.45, 7) is 4.53. The predicted octanol–water partition coefficient (Wildman–Crippen LogP) is 2.61. The van der Waals surface area contributed by atoms with E-state index < -0.39 is 0 Å². The molecule has 0 aliphatic carbocycles. The van der Waals surface area contributed by atoms with E-state index in [1.807, 2.05) is 0 Å². The molecule has 0 fully saturated rings. The average Bonchev–Trinajstić information content (AvgIpc) is 2.31. The van der Waals surface area contributed by atoms with Crippen LogP contribution in [0.4, 0.5) is 0 Å². The van der Waals surface area contributed by atoms with E-state index in [4.69, 9.17) is 0 Å². The second-order valence-electron chi connectivity index (χ2n) is 3.62. The Balaban J connectivity index is 2.39. The van der Waals surface area contributed by atoms with Crippen molar-refractivity contribution >= 4 is 0 Å². The predicted molar refractivity (Wildman–Crippen MR) is 48.6 cm³/mol. The van der Waals surface area contributed by atoms with E-state index in [9.17, 15) is 0 Å². The molecule has 0 aliphatic heterocycles. The summed E-state index contributed by atoms with van der Waals surface area (Å²) in [4.78, 5) is 0. The molecule has 1 aromatic heterocycles. The van der Waals surface area contributed by atoms with Gasteiger partial charge in [-0.05, 0) is 30.4 Å². The largest absolute Gasteiger partial charge is 0.357 e. The molecule has 0 atom stereocenters. The van der Waals surface area contributed by atoms with Gasteiger partial charge in [0.25, 0.3) is 0 Å². The molecule has 0 aliphatic rings. The molecule has 0 N–H and O–H groups in total. The Labute approximate surface area is 69.0 Å². The van der Waals surface area contributed by atoms with Gasteiger partial charge in [0, 0.05) is 19.4 Å². The number of aromatic nitrogens is 1. The molecule has 0 saturated heterocycles. The maximum atomic E-state index is 2.27. The molecule has 1 aromatic rings. The third kappa shape index (κ3) is 2.79. The number of hydrogen-bond acceptors (Lipinski definition) is 0. The second kappa shape index (κ2) is 3.61. The quantitative estimate of drug-likeness (QED) is 0.626. The van der Waals surface area contributed by atoms with Crippen LogP contribution in [0.25, 0.3) is 0 Å². The lowest BCUT2D eigenvalue weighted by atomic mass is 10.1. The van der Waals surface area contributed by atoms with Crippen LogP contribution < -0.4 is 0 Å². The van der Waals surface area contributed by atoms with Crippen molar-refractivity contribution in [2.75, 3.05) is 0 Å². The highest BCUT2D eigenvalue weighted by Gasteiger charge is 1.96. The fourth-order valence-corrected chi connectivity index (χ4v) is 1.16. The molecular weight excluding hydrogens is 134 g/mol. The van der Waals surface area contributed by atoms with E-state index in [0.717, 1.165) is 5.92 Å². The summed E-state index contributed by atoms with van der Waals surface area (Å²) in [5.41, 5.74) is 1.46. The van der Waals surface area contributed by atoms with Gasteiger partial charge < -0.3 is 4.57 Å². The van der Waals surface area contributed by atoms with Crippen LogP contribution in [0, 0.1) is 5.92 Å². The minimum atomic E-state index is 0.815. The van der Waals surface area contributed by atoms with E-state index in [1.54, 1.807) is 0 Å². The molecule has 62 valence electrons. The lowest BCUT2D eigenvalue weighted by Gasteiger charge is -2.01. The van der Waals surface area contributed by atoms with E-state index >= 15 is 0 Å². The summed E-state index contributed by atoms with van der Waals surface area (Å²) < 4.78 is 2.11. The summed E-state index contributed by atoms with van der Waals surface area (Å²) in [7, 11) is 2.07. The molecular formula is C10H17N. The average molecular weight is 151 g/mol. The molecule has 0 saturated carbocycles. The Morgan fingerprint density at radius 2 is 2.18 bits per heavy atom. The Hall–Kier alpha value is -0.720. The Morgan fingerprint density at radius 3 is 2.64 bits per heavy atom. The minimum Gasteiger partial charge on any atom is -0.357 e. The first kappa shape index (κ1) is 8.38. The number of rotatable bonds is 3. The van der Waals surface area contributed by atoms with Crippen molar-refractivity contribution in [1.82, 2.24) is 4.57 Å². The van der Waals surface area contributed by atoms with E-state index in [0.29, 0.717) is 0 Å². The van der Waals surface area contributed by atoms with E-state index in [1.165, 1.54) is 18.4 Å². The third-order valence-corrected chi connectivity index (χ3v) is 1.90. The fourth-order valence-electron chi connectivity index (χ4n) is 1.16. The summed E-state index contributed by atoms with van der Waals surface area (Å²) >= 11 is 0. The van der Waals surface area contributed by atoms with Crippen LogP contribution in [-0.4, -0.2) is 4.57 Å². The van der Waals surface area contributed by atoms with Crippen LogP contribution in [0.5, 0.6) is 0 Å². The summed E-state index contributed by atoms with van der Waals surface area (Å²) in [5.74, 6) is 0.815. The van der Waals surface area contributed by atoms with Crippen molar-refractivity contribution in [2.24, 2.45) is 13.0 Å². The van der Waals surface area contributed by atoms with Gasteiger partial charge in [0.15, 0.2) is 0 Å². The minimum absolute atomic E-state index is 0.815. The molecule has 1 nitrogen and oxygen atoms in total. The monoisotopic (exact) mass is 151 g/mol. The topological polar surface area (TPSA) is 4.93 Å². The Kier molecular flexibility index (Phi) is 2.75. The molecule has 11 heavy (non-hydrogen) atoms. The molecule has 1 heteroatoms. The van der Waals surface area contributed by atoms with Crippen LogP contribution in [-0.2, 0) is 13.5 Å². The summed E-state index contributed by atoms with van der Waals surface area (Å²) in [6.07, 6.45) is 6.82. The smallest absolute Gasteiger partial charge is 0.0106 e. The molecule has 1 rings (SSSR count). The van der Waals surface area contributed by atoms with Gasteiger partial charge in [-0.3, -0.25) is 0 Å². The van der Waals surface area contributed by atoms with Crippen LogP contribution in [0.2, 0.25) is 0 Å². The zero-order valence-corrected chi connectivity index (χ0v) is 7.67. The van der Waals surface area contributed by atoms with Crippen LogP contribution in [0.15, 0.2) is 18.5 Å². The van der Waals surface area contributed by atoms with Crippen LogP contribution in [0.1, 0.15) is 25.8 Å². The van der Waals surface area contributed by atoms with Crippen molar-refractivity contribution in [1.29, 1.82) is 0 Å². The number of aryl methyl sites for hydroxylation is 2. The van der Waals surface area contributed by atoms with E-state index in [2.05, 4.69) is 43.9 Å². The number of nitrogens with zero attached hydrogens (tertiary/aromatic N) is 1. The van der Waals surface area contributed by atoms with E-state index in [-0.39, 0.29) is 0 Å². The molecule has 0 spiro atoms. The van der Waals surface area contributed by atoms with Crippen molar-refractivity contribution in [3.8, 4) is 0 Å². The van der Waals surface area contributed by atoms with Crippen molar-refractivity contribution in [3.05, 3.63) is 24.0 Å². The van der Waals surface area contributed by atoms with Crippen molar-refractivity contribution in [2.45, 2.75) is 26.7 Å². The Bertz CT molecular complexity index is 210. The van der Waals surface area contributed by atoms with Gasteiger partial charge in [-0.15, -0.1) is 0 Å². The molecule has 0 amide bonds. The SMILES string of the molecule is CC(C)CCc1ccn(C)c1. The molecule has 0 unspecified atom stereocenters. The normalized spacial score (nSPS) is 10.9. The second-order valence-corrected chi connectivity index (χ2v) is 3.62. The zero-order chi connectivity index (χ0) is 8.27. The Morgan fingerprint density at radius 1 is 1.45 bits per heavy atom. The van der Waals surface area contributed by atoms with Gasteiger partial charge in [0.1, 0.15) is 0 Å². The van der Waals surface area contributed by atoms with Gasteiger partial charge in [-0.1, -0.05) is 13.8 Å². The van der Waals surface area contributed by atoms with Gasteiger partial charge >= 0.3 is 0 Å². The summed E-state index contributed by atoms with van der Waals surface area (Å²) in [5, 5.41) is 0. The van der Waals surface area contributed by atoms with Crippen molar-refractivity contribution in [3.63, 3.8) is 0 Å². The standard InChI is InChI=1S/C10H17N/c1-9(2)4-5-10-6-7-11(3)8-10/h6-9H,4-5H2,1-3H3. The fraction of sp³-hybridized carbons (Fsp3) is 0.600. The zero-order valence-electron chi connectivity index (χ0n) is 7.67. The maximum Gasteiger partial charge on any atom is 0.0106 e. The third-order valence-electron chi connectivity index (χ3n) is 1.90. The highest BCUT2D eigenvalue weighted by molar-refractivity contribution is 5.09. The first-order chi connectivity index (χ1) is 5.18. The van der Waals surface area contributed by atoms with Gasteiger partial charge in [-0.2, -0.15) is 0 Å². The highest BCUT2D eigenvalue weighted by Crippen LogP contribution is 2.08. The summed E-state index contributed by atoms with van der Waals surface area (Å²) in [6, 6.07) is 2.20. The lowest BCUT2D eigenvalue weighted by molar-refractivity contribution is 0.586. The van der Waals surface area contributed by atoms with Crippen LogP contribution >= 0.6 is 0 Å². The van der Waals surface area contributed by atoms with Crippen molar-refractivity contribution < 1.29 is 0 Å². The van der Waals surface area contributed by atoms with Gasteiger partial charge in [-0.25, -0.2) is 0 Å². The van der Waals surface area contributed by atoms with Gasteiger partial charge in [0.05, 0.1) is 0 Å². The molecule has 0 radical (unpaired) electrons. The van der Waals surface area contributed by atoms with Crippen LogP contribution in [0.3, 0.4) is 0 Å². The molecule has 1 heterocycles. The molecule has 0 aromatic carbocycles.